The Hall–Kier alpha value is -1.82. The number of thiocarbonyl (C=S) groups is 1. The summed E-state index contributed by atoms with van der Waals surface area (Å²) in [6.07, 6.45) is 1.44. The van der Waals surface area contributed by atoms with Crippen LogP contribution in [0.4, 0.5) is 5.69 Å². The minimum absolute atomic E-state index is 0.142. The van der Waals surface area contributed by atoms with Crippen LogP contribution in [0.1, 0.15) is 12.8 Å². The van der Waals surface area contributed by atoms with Gasteiger partial charge in [0.15, 0.2) is 11.5 Å². The fourth-order valence-corrected chi connectivity index (χ4v) is 2.38. The fraction of sp³-hybridized carbons (Fsp3) is 0.385. The van der Waals surface area contributed by atoms with Gasteiger partial charge in [0.2, 0.25) is 5.91 Å². The summed E-state index contributed by atoms with van der Waals surface area (Å²) >= 11 is 4.96. The Balaban J connectivity index is 1.77. The zero-order chi connectivity index (χ0) is 13.5. The van der Waals surface area contributed by atoms with Crippen molar-refractivity contribution < 1.29 is 14.3 Å². The number of fused-ring (bicyclic) bond motifs is 1. The van der Waals surface area contributed by atoms with Crippen LogP contribution in [0.25, 0.3) is 0 Å². The number of benzene rings is 1. The molecule has 5 nitrogen and oxygen atoms in total. The lowest BCUT2D eigenvalue weighted by Crippen LogP contribution is -2.35. The number of amides is 1. The fourth-order valence-electron chi connectivity index (χ4n) is 2.08. The van der Waals surface area contributed by atoms with E-state index in [2.05, 4.69) is 5.32 Å². The van der Waals surface area contributed by atoms with Gasteiger partial charge in [0.05, 0.1) is 10.4 Å². The number of rotatable bonds is 3. The lowest BCUT2D eigenvalue weighted by Gasteiger charge is -2.19. The summed E-state index contributed by atoms with van der Waals surface area (Å²) in [4.78, 5) is 12.4. The van der Waals surface area contributed by atoms with E-state index in [9.17, 15) is 4.79 Å². The second-order valence-electron chi connectivity index (χ2n) is 4.76. The highest BCUT2D eigenvalue weighted by Gasteiger charge is 2.52. The number of nitrogens with one attached hydrogen (secondary N) is 1. The molecule has 19 heavy (non-hydrogen) atoms. The number of nitrogens with two attached hydrogens (primary N) is 1. The molecule has 3 N–H and O–H groups in total. The molecule has 1 aliphatic carbocycles. The normalized spacial score (nSPS) is 18.5. The van der Waals surface area contributed by atoms with E-state index in [1.807, 2.05) is 0 Å². The molecular weight excluding hydrogens is 264 g/mol. The van der Waals surface area contributed by atoms with Crippen molar-refractivity contribution in [1.82, 2.24) is 0 Å². The van der Waals surface area contributed by atoms with E-state index in [0.717, 1.165) is 12.8 Å². The summed E-state index contributed by atoms with van der Waals surface area (Å²) in [6, 6.07) is 5.31. The number of hydrogen-bond donors (Lipinski definition) is 2. The summed E-state index contributed by atoms with van der Waals surface area (Å²) in [5.41, 5.74) is 5.64. The van der Waals surface area contributed by atoms with Crippen molar-refractivity contribution in [1.29, 1.82) is 0 Å². The Morgan fingerprint density at radius 2 is 1.95 bits per heavy atom. The summed E-state index contributed by atoms with van der Waals surface area (Å²) < 4.78 is 10.9. The first kappa shape index (κ1) is 12.2. The standard InChI is InChI=1S/C13H14N2O3S/c14-11(19)13(3-4-13)12(16)15-8-1-2-9-10(7-8)18-6-5-17-9/h1-2,7H,3-6H2,(H2,14,19)(H,15,16). The number of carbonyl (C=O) groups excluding carboxylic acids is 1. The molecule has 1 saturated carbocycles. The SMILES string of the molecule is NC(=S)C1(C(=O)Nc2ccc3c(c2)OCCO3)CC1. The third-order valence-electron chi connectivity index (χ3n) is 3.46. The molecule has 1 aromatic carbocycles. The first-order chi connectivity index (χ1) is 9.12. The molecule has 1 fully saturated rings. The van der Waals surface area contributed by atoms with Gasteiger partial charge in [-0.2, -0.15) is 0 Å². The Morgan fingerprint density at radius 1 is 1.26 bits per heavy atom. The van der Waals surface area contributed by atoms with Gasteiger partial charge >= 0.3 is 0 Å². The first-order valence-electron chi connectivity index (χ1n) is 6.13. The van der Waals surface area contributed by atoms with Crippen molar-refractivity contribution in [2.45, 2.75) is 12.8 Å². The topological polar surface area (TPSA) is 73.6 Å². The highest BCUT2D eigenvalue weighted by Crippen LogP contribution is 2.47. The molecule has 1 heterocycles. The van der Waals surface area contributed by atoms with E-state index in [0.29, 0.717) is 30.4 Å². The van der Waals surface area contributed by atoms with E-state index < -0.39 is 5.41 Å². The van der Waals surface area contributed by atoms with Gasteiger partial charge in [-0.05, 0) is 25.0 Å². The van der Waals surface area contributed by atoms with Crippen molar-refractivity contribution in [3.63, 3.8) is 0 Å². The Morgan fingerprint density at radius 3 is 2.58 bits per heavy atom. The van der Waals surface area contributed by atoms with Crippen LogP contribution in [0.5, 0.6) is 11.5 Å². The molecule has 0 saturated heterocycles. The number of hydrogen-bond acceptors (Lipinski definition) is 4. The number of anilines is 1. The molecule has 0 aromatic heterocycles. The zero-order valence-corrected chi connectivity index (χ0v) is 11.1. The Kier molecular flexibility index (Phi) is 2.82. The third kappa shape index (κ3) is 2.12. The molecular formula is C13H14N2O3S. The van der Waals surface area contributed by atoms with Crippen LogP contribution in [0, 0.1) is 5.41 Å². The van der Waals surface area contributed by atoms with Crippen molar-refractivity contribution in [2.24, 2.45) is 11.1 Å². The lowest BCUT2D eigenvalue weighted by molar-refractivity contribution is -0.118. The van der Waals surface area contributed by atoms with Crippen LogP contribution in [-0.2, 0) is 4.79 Å². The minimum Gasteiger partial charge on any atom is -0.486 e. The van der Waals surface area contributed by atoms with Crippen LogP contribution in [-0.4, -0.2) is 24.1 Å². The summed E-state index contributed by atoms with van der Waals surface area (Å²) in [6.45, 7) is 1.06. The van der Waals surface area contributed by atoms with E-state index >= 15 is 0 Å². The van der Waals surface area contributed by atoms with Crippen molar-refractivity contribution in [3.8, 4) is 11.5 Å². The molecule has 1 amide bonds. The van der Waals surface area contributed by atoms with Crippen molar-refractivity contribution in [2.75, 3.05) is 18.5 Å². The molecule has 0 bridgehead atoms. The molecule has 100 valence electrons. The maximum absolute atomic E-state index is 12.2. The molecule has 1 aliphatic heterocycles. The highest BCUT2D eigenvalue weighted by atomic mass is 32.1. The second-order valence-corrected chi connectivity index (χ2v) is 5.20. The molecule has 0 unspecified atom stereocenters. The van der Waals surface area contributed by atoms with E-state index in [-0.39, 0.29) is 10.9 Å². The van der Waals surface area contributed by atoms with Gasteiger partial charge in [-0.1, -0.05) is 12.2 Å². The van der Waals surface area contributed by atoms with Crippen LogP contribution in [0.15, 0.2) is 18.2 Å². The van der Waals surface area contributed by atoms with Crippen LogP contribution in [0.3, 0.4) is 0 Å². The van der Waals surface area contributed by atoms with Crippen LogP contribution < -0.4 is 20.5 Å². The Labute approximate surface area is 116 Å². The van der Waals surface area contributed by atoms with E-state index in [1.165, 1.54) is 0 Å². The zero-order valence-electron chi connectivity index (χ0n) is 10.3. The summed E-state index contributed by atoms with van der Waals surface area (Å²) in [5, 5.41) is 2.83. The van der Waals surface area contributed by atoms with Crippen LogP contribution >= 0.6 is 12.2 Å². The molecule has 0 radical (unpaired) electrons. The van der Waals surface area contributed by atoms with Gasteiger partial charge in [0, 0.05) is 11.8 Å². The summed E-state index contributed by atoms with van der Waals surface area (Å²) in [5.74, 6) is 1.20. The van der Waals surface area contributed by atoms with Crippen LogP contribution in [0.2, 0.25) is 0 Å². The molecule has 1 aromatic rings. The molecule has 0 spiro atoms. The number of carbonyl (C=O) groups is 1. The monoisotopic (exact) mass is 278 g/mol. The van der Waals surface area contributed by atoms with E-state index in [1.54, 1.807) is 18.2 Å². The maximum Gasteiger partial charge on any atom is 0.237 e. The molecule has 2 aliphatic rings. The number of ether oxygens (including phenoxy) is 2. The average molecular weight is 278 g/mol. The van der Waals surface area contributed by atoms with Gasteiger partial charge in [0.1, 0.15) is 13.2 Å². The van der Waals surface area contributed by atoms with Gasteiger partial charge < -0.3 is 20.5 Å². The molecule has 0 atom stereocenters. The predicted octanol–water partition coefficient (Wildman–Crippen LogP) is 1.46. The quantitative estimate of drug-likeness (QED) is 0.819. The third-order valence-corrected chi connectivity index (χ3v) is 3.85. The first-order valence-corrected chi connectivity index (χ1v) is 6.54. The lowest BCUT2D eigenvalue weighted by atomic mass is 10.1. The smallest absolute Gasteiger partial charge is 0.237 e. The average Bonchev–Trinajstić information content (AvgIpc) is 3.20. The minimum atomic E-state index is -0.650. The maximum atomic E-state index is 12.2. The van der Waals surface area contributed by atoms with Gasteiger partial charge in [-0.15, -0.1) is 0 Å². The van der Waals surface area contributed by atoms with E-state index in [4.69, 9.17) is 27.4 Å². The molecule has 6 heteroatoms. The van der Waals surface area contributed by atoms with Gasteiger partial charge in [-0.25, -0.2) is 0 Å². The summed E-state index contributed by atoms with van der Waals surface area (Å²) in [7, 11) is 0. The van der Waals surface area contributed by atoms with Crippen molar-refractivity contribution in [3.05, 3.63) is 18.2 Å². The predicted molar refractivity (Wildman–Crippen MR) is 74.5 cm³/mol. The highest BCUT2D eigenvalue weighted by molar-refractivity contribution is 7.80. The van der Waals surface area contributed by atoms with Gasteiger partial charge in [-0.3, -0.25) is 4.79 Å². The van der Waals surface area contributed by atoms with Gasteiger partial charge in [0.25, 0.3) is 0 Å². The Bertz CT molecular complexity index is 555. The second kappa shape index (κ2) is 4.38. The largest absolute Gasteiger partial charge is 0.486 e. The molecule has 3 rings (SSSR count). The van der Waals surface area contributed by atoms with Crippen molar-refractivity contribution >= 4 is 28.8 Å².